The Bertz CT molecular complexity index is 192. The van der Waals surface area contributed by atoms with Crippen LogP contribution in [0, 0.1) is 5.92 Å². The maximum Gasteiger partial charge on any atom is 0.236 e. The standard InChI is InChI=1S/C11H25N3O.2ClH/c1-5-14(4)7-6-13-11(15)10(12)8-9(2)3;;/h9-10H,5-8,12H2,1-4H3,(H,13,15);2*1H/t10-;;/m0../s1. The van der Waals surface area contributed by atoms with Crippen LogP contribution in [0.15, 0.2) is 0 Å². The van der Waals surface area contributed by atoms with Crippen molar-refractivity contribution in [1.82, 2.24) is 10.2 Å². The Morgan fingerprint density at radius 3 is 2.29 bits per heavy atom. The molecule has 1 atom stereocenters. The highest BCUT2D eigenvalue weighted by Gasteiger charge is 2.13. The van der Waals surface area contributed by atoms with E-state index in [2.05, 4.69) is 31.0 Å². The number of carbonyl (C=O) groups excluding carboxylic acids is 1. The maximum absolute atomic E-state index is 11.5. The van der Waals surface area contributed by atoms with Gasteiger partial charge in [0.25, 0.3) is 0 Å². The highest BCUT2D eigenvalue weighted by atomic mass is 35.5. The Morgan fingerprint density at radius 1 is 1.35 bits per heavy atom. The zero-order chi connectivity index (χ0) is 11.8. The molecule has 0 rings (SSSR count). The number of amides is 1. The van der Waals surface area contributed by atoms with Gasteiger partial charge in [0.2, 0.25) is 5.91 Å². The first-order chi connectivity index (χ1) is 6.97. The Balaban J connectivity index is -0.000000980. The second kappa shape index (κ2) is 12.4. The molecule has 0 bridgehead atoms. The van der Waals surface area contributed by atoms with Crippen molar-refractivity contribution in [3.05, 3.63) is 0 Å². The molecular weight excluding hydrogens is 261 g/mol. The number of nitrogens with zero attached hydrogens (tertiary/aromatic N) is 1. The lowest BCUT2D eigenvalue weighted by molar-refractivity contribution is -0.122. The Hall–Kier alpha value is -0.0300. The molecule has 0 aliphatic rings. The van der Waals surface area contributed by atoms with Gasteiger partial charge in [-0.1, -0.05) is 20.8 Å². The van der Waals surface area contributed by atoms with Crippen LogP contribution < -0.4 is 11.1 Å². The van der Waals surface area contributed by atoms with Crippen LogP contribution in [0.1, 0.15) is 27.2 Å². The molecule has 3 N–H and O–H groups in total. The van der Waals surface area contributed by atoms with Crippen LogP contribution in [-0.4, -0.2) is 43.5 Å². The van der Waals surface area contributed by atoms with Gasteiger partial charge in [0.05, 0.1) is 6.04 Å². The first-order valence-electron chi connectivity index (χ1n) is 5.69. The molecule has 0 heterocycles. The molecule has 0 radical (unpaired) electrons. The lowest BCUT2D eigenvalue weighted by Crippen LogP contribution is -2.43. The molecule has 0 saturated heterocycles. The van der Waals surface area contributed by atoms with Gasteiger partial charge in [0, 0.05) is 13.1 Å². The Kier molecular flexibility index (Phi) is 16.2. The predicted octanol–water partition coefficient (Wildman–Crippen LogP) is 1.27. The number of likely N-dealkylation sites (N-methyl/N-ethyl adjacent to an activating group) is 1. The summed E-state index contributed by atoms with van der Waals surface area (Å²) >= 11 is 0. The van der Waals surface area contributed by atoms with Crippen molar-refractivity contribution < 1.29 is 4.79 Å². The summed E-state index contributed by atoms with van der Waals surface area (Å²) in [6.07, 6.45) is 0.745. The molecule has 0 aromatic rings. The van der Waals surface area contributed by atoms with Crippen LogP contribution in [0.2, 0.25) is 0 Å². The van der Waals surface area contributed by atoms with Gasteiger partial charge in [-0.05, 0) is 25.9 Å². The largest absolute Gasteiger partial charge is 0.353 e. The first kappa shape index (κ1) is 22.2. The van der Waals surface area contributed by atoms with Crippen molar-refractivity contribution in [3.8, 4) is 0 Å². The molecule has 0 aromatic carbocycles. The summed E-state index contributed by atoms with van der Waals surface area (Å²) in [4.78, 5) is 13.6. The summed E-state index contributed by atoms with van der Waals surface area (Å²) in [5.41, 5.74) is 5.74. The molecule has 0 saturated carbocycles. The van der Waals surface area contributed by atoms with Crippen LogP contribution >= 0.6 is 24.8 Å². The molecule has 0 aliphatic heterocycles. The number of nitrogens with one attached hydrogen (secondary N) is 1. The summed E-state index contributed by atoms with van der Waals surface area (Å²) in [6, 6.07) is -0.364. The van der Waals surface area contributed by atoms with E-state index in [9.17, 15) is 4.79 Å². The molecule has 0 spiro atoms. The second-order valence-corrected chi connectivity index (χ2v) is 4.42. The van der Waals surface area contributed by atoms with Crippen LogP contribution in [-0.2, 0) is 4.79 Å². The third-order valence-electron chi connectivity index (χ3n) is 2.39. The third kappa shape index (κ3) is 12.2. The lowest BCUT2D eigenvalue weighted by atomic mass is 10.0. The summed E-state index contributed by atoms with van der Waals surface area (Å²) in [5.74, 6) is 0.428. The molecular formula is C11H27Cl2N3O. The van der Waals surface area contributed by atoms with E-state index in [1.54, 1.807) is 0 Å². The van der Waals surface area contributed by atoms with Crippen molar-refractivity contribution in [3.63, 3.8) is 0 Å². The lowest BCUT2D eigenvalue weighted by Gasteiger charge is -2.17. The minimum Gasteiger partial charge on any atom is -0.353 e. The minimum absolute atomic E-state index is 0. The van der Waals surface area contributed by atoms with Crippen molar-refractivity contribution in [1.29, 1.82) is 0 Å². The highest BCUT2D eigenvalue weighted by Crippen LogP contribution is 2.02. The zero-order valence-electron chi connectivity index (χ0n) is 11.2. The molecule has 1 amide bonds. The van der Waals surface area contributed by atoms with Gasteiger partial charge in [0.15, 0.2) is 0 Å². The third-order valence-corrected chi connectivity index (χ3v) is 2.39. The van der Waals surface area contributed by atoms with E-state index in [1.165, 1.54) is 0 Å². The number of halogens is 2. The Morgan fingerprint density at radius 2 is 1.88 bits per heavy atom. The molecule has 4 nitrogen and oxygen atoms in total. The number of hydrogen-bond donors (Lipinski definition) is 2. The molecule has 106 valence electrons. The highest BCUT2D eigenvalue weighted by molar-refractivity contribution is 5.85. The SMILES string of the molecule is CCN(C)CCNC(=O)[C@@H](N)CC(C)C.Cl.Cl. The van der Waals surface area contributed by atoms with Crippen molar-refractivity contribution in [2.75, 3.05) is 26.7 Å². The monoisotopic (exact) mass is 287 g/mol. The minimum atomic E-state index is -0.364. The van der Waals surface area contributed by atoms with Crippen molar-refractivity contribution in [2.45, 2.75) is 33.2 Å². The first-order valence-corrected chi connectivity index (χ1v) is 5.69. The number of nitrogens with two attached hydrogens (primary N) is 1. The van der Waals surface area contributed by atoms with E-state index >= 15 is 0 Å². The topological polar surface area (TPSA) is 58.4 Å². The fraction of sp³-hybridized carbons (Fsp3) is 0.909. The van der Waals surface area contributed by atoms with Gasteiger partial charge in [-0.3, -0.25) is 4.79 Å². The predicted molar refractivity (Wildman–Crippen MR) is 78.1 cm³/mol. The van der Waals surface area contributed by atoms with Gasteiger partial charge in [-0.2, -0.15) is 0 Å². The average Bonchev–Trinajstić information content (AvgIpc) is 2.16. The molecule has 6 heteroatoms. The number of rotatable bonds is 7. The van der Waals surface area contributed by atoms with Crippen LogP contribution in [0.3, 0.4) is 0 Å². The molecule has 0 unspecified atom stereocenters. The molecule has 0 fully saturated rings. The van der Waals surface area contributed by atoms with E-state index in [0.717, 1.165) is 19.5 Å². The van der Waals surface area contributed by atoms with E-state index in [-0.39, 0.29) is 36.8 Å². The fourth-order valence-electron chi connectivity index (χ4n) is 1.27. The van der Waals surface area contributed by atoms with Crippen LogP contribution in [0.25, 0.3) is 0 Å². The summed E-state index contributed by atoms with van der Waals surface area (Å²) in [7, 11) is 2.03. The van der Waals surface area contributed by atoms with Gasteiger partial charge < -0.3 is 16.0 Å². The summed E-state index contributed by atoms with van der Waals surface area (Å²) < 4.78 is 0. The van der Waals surface area contributed by atoms with Crippen molar-refractivity contribution >= 4 is 30.7 Å². The summed E-state index contributed by atoms with van der Waals surface area (Å²) in [6.45, 7) is 8.77. The van der Waals surface area contributed by atoms with Gasteiger partial charge >= 0.3 is 0 Å². The average molecular weight is 288 g/mol. The maximum atomic E-state index is 11.5. The van der Waals surface area contributed by atoms with Gasteiger partial charge in [-0.25, -0.2) is 0 Å². The smallest absolute Gasteiger partial charge is 0.236 e. The number of carbonyl (C=O) groups is 1. The number of hydrogen-bond acceptors (Lipinski definition) is 3. The van der Waals surface area contributed by atoms with Gasteiger partial charge in [0.1, 0.15) is 0 Å². The van der Waals surface area contributed by atoms with E-state index in [4.69, 9.17) is 5.73 Å². The normalized spacial score (nSPS) is 11.7. The summed E-state index contributed by atoms with van der Waals surface area (Å²) in [5, 5.41) is 2.85. The van der Waals surface area contributed by atoms with E-state index in [0.29, 0.717) is 12.5 Å². The van der Waals surface area contributed by atoms with Crippen LogP contribution in [0.5, 0.6) is 0 Å². The Labute approximate surface area is 118 Å². The van der Waals surface area contributed by atoms with Crippen LogP contribution in [0.4, 0.5) is 0 Å². The molecule has 0 aromatic heterocycles. The van der Waals surface area contributed by atoms with Gasteiger partial charge in [-0.15, -0.1) is 24.8 Å². The van der Waals surface area contributed by atoms with E-state index < -0.39 is 0 Å². The molecule has 0 aliphatic carbocycles. The fourth-order valence-corrected chi connectivity index (χ4v) is 1.27. The van der Waals surface area contributed by atoms with Crippen molar-refractivity contribution in [2.24, 2.45) is 11.7 Å². The quantitative estimate of drug-likeness (QED) is 0.742. The molecule has 17 heavy (non-hydrogen) atoms. The second-order valence-electron chi connectivity index (χ2n) is 4.42. The zero-order valence-corrected chi connectivity index (χ0v) is 12.9. The van der Waals surface area contributed by atoms with E-state index in [1.807, 2.05) is 7.05 Å².